The van der Waals surface area contributed by atoms with E-state index in [1.54, 1.807) is 0 Å². The van der Waals surface area contributed by atoms with Crippen molar-refractivity contribution in [1.82, 2.24) is 0 Å². The van der Waals surface area contributed by atoms with Crippen LogP contribution in [0.15, 0.2) is 119 Å². The summed E-state index contributed by atoms with van der Waals surface area (Å²) in [6.45, 7) is 4.91. The van der Waals surface area contributed by atoms with Crippen molar-refractivity contribution < 1.29 is 9.53 Å². The maximum atomic E-state index is 13.6. The largest absolute Gasteiger partial charge is 0.457 e. The second kappa shape index (κ2) is 10.8. The molecular weight excluding hydrogens is 584 g/mol. The van der Waals surface area contributed by atoms with Gasteiger partial charge in [-0.3, -0.25) is 4.79 Å². The molecule has 0 spiro atoms. The van der Waals surface area contributed by atoms with Gasteiger partial charge in [-0.25, -0.2) is 0 Å². The summed E-state index contributed by atoms with van der Waals surface area (Å²) in [6.07, 6.45) is 1.19. The van der Waals surface area contributed by atoms with Gasteiger partial charge in [0.15, 0.2) is 5.78 Å². The highest BCUT2D eigenvalue weighted by atomic mass is 79.9. The van der Waals surface area contributed by atoms with E-state index in [-0.39, 0.29) is 17.4 Å². The molecule has 0 saturated heterocycles. The van der Waals surface area contributed by atoms with Crippen LogP contribution in [0.2, 0.25) is 5.02 Å². The summed E-state index contributed by atoms with van der Waals surface area (Å²) < 4.78 is 7.11. The van der Waals surface area contributed by atoms with Crippen molar-refractivity contribution in [2.75, 3.05) is 16.3 Å². The molecule has 0 amide bonds. The fourth-order valence-corrected chi connectivity index (χ4v) is 6.09. The molecule has 6 heteroatoms. The van der Waals surface area contributed by atoms with Gasteiger partial charge in [0, 0.05) is 38.6 Å². The zero-order valence-corrected chi connectivity index (χ0v) is 24.8. The number of Topliss-reactive ketones (excluding diaryl/α,β-unsaturated/α-hetero) is 1. The first kappa shape index (κ1) is 26.7. The van der Waals surface area contributed by atoms with E-state index in [1.807, 2.05) is 66.7 Å². The smallest absolute Gasteiger partial charge is 0.162 e. The average Bonchev–Trinajstić information content (AvgIpc) is 2.94. The highest BCUT2D eigenvalue weighted by Gasteiger charge is 2.43. The Labute approximate surface area is 249 Å². The van der Waals surface area contributed by atoms with Crippen molar-refractivity contribution in [2.24, 2.45) is 5.41 Å². The molecule has 0 aromatic heterocycles. The van der Waals surface area contributed by atoms with Crippen LogP contribution in [0.5, 0.6) is 11.5 Å². The molecule has 6 rings (SSSR count). The number of allylic oxidation sites excluding steroid dienone is 1. The molecule has 202 valence electrons. The number of ketones is 1. The number of rotatable bonds is 5. The second-order valence-corrected chi connectivity index (χ2v) is 12.5. The number of anilines is 2. The normalized spacial score (nSPS) is 18.5. The lowest BCUT2D eigenvalue weighted by atomic mass is 9.74. The molecule has 0 saturated carbocycles. The summed E-state index contributed by atoms with van der Waals surface area (Å²) >= 11 is 9.88. The summed E-state index contributed by atoms with van der Waals surface area (Å²) in [4.78, 5) is 18.3. The number of para-hydroxylation sites is 1. The van der Waals surface area contributed by atoms with E-state index >= 15 is 0 Å². The minimum atomic E-state index is -0.171. The Balaban J connectivity index is 1.50. The van der Waals surface area contributed by atoms with Gasteiger partial charge in [0.2, 0.25) is 0 Å². The molecule has 1 atom stereocenters. The Morgan fingerprint density at radius 1 is 0.800 bits per heavy atom. The predicted octanol–water partition coefficient (Wildman–Crippen LogP) is 9.56. The van der Waals surface area contributed by atoms with E-state index in [0.29, 0.717) is 18.0 Å². The van der Waals surface area contributed by atoms with Gasteiger partial charge >= 0.3 is 0 Å². The lowest BCUT2D eigenvalue weighted by Gasteiger charge is -2.51. The van der Waals surface area contributed by atoms with Crippen LogP contribution in [-0.4, -0.2) is 12.3 Å². The third-order valence-electron chi connectivity index (χ3n) is 7.55. The highest BCUT2D eigenvalue weighted by Crippen LogP contribution is 2.48. The first-order valence-electron chi connectivity index (χ1n) is 13.4. The predicted molar refractivity (Wildman–Crippen MR) is 166 cm³/mol. The van der Waals surface area contributed by atoms with E-state index in [4.69, 9.17) is 16.3 Å². The van der Waals surface area contributed by atoms with Gasteiger partial charge in [-0.05, 0) is 90.2 Å². The molecule has 0 bridgehead atoms. The Hall–Kier alpha value is -3.54. The summed E-state index contributed by atoms with van der Waals surface area (Å²) in [5.74, 6) is 1.77. The Kier molecular flexibility index (Phi) is 7.20. The Morgan fingerprint density at radius 2 is 1.43 bits per heavy atom. The van der Waals surface area contributed by atoms with Gasteiger partial charge in [0.1, 0.15) is 17.7 Å². The van der Waals surface area contributed by atoms with Crippen LogP contribution < -0.4 is 14.5 Å². The van der Waals surface area contributed by atoms with Crippen molar-refractivity contribution in [2.45, 2.75) is 32.9 Å². The molecule has 4 aromatic rings. The SMILES string of the molecule is CC1(C)CC(=O)C2=C(C1)N(c1ccc(Oc3ccccc3)cc1)C(c1ccc(Br)cc1)N(c1ccc(Cl)cc1)C2. The summed E-state index contributed by atoms with van der Waals surface area (Å²) in [7, 11) is 0. The lowest BCUT2D eigenvalue weighted by molar-refractivity contribution is -0.118. The Bertz CT molecular complexity index is 1550. The summed E-state index contributed by atoms with van der Waals surface area (Å²) in [5.41, 5.74) is 4.99. The van der Waals surface area contributed by atoms with Gasteiger partial charge in [-0.2, -0.15) is 0 Å². The van der Waals surface area contributed by atoms with Crippen LogP contribution in [0.4, 0.5) is 11.4 Å². The fourth-order valence-electron chi connectivity index (χ4n) is 5.70. The lowest BCUT2D eigenvalue weighted by Crippen LogP contribution is -2.51. The maximum Gasteiger partial charge on any atom is 0.162 e. The van der Waals surface area contributed by atoms with Crippen molar-refractivity contribution in [3.05, 3.63) is 129 Å². The molecule has 4 nitrogen and oxygen atoms in total. The number of hydrogen-bond donors (Lipinski definition) is 0. The zero-order valence-electron chi connectivity index (χ0n) is 22.5. The number of benzene rings is 4. The fraction of sp³-hybridized carbons (Fsp3) is 0.206. The molecule has 1 heterocycles. The minimum absolute atomic E-state index is 0.128. The van der Waals surface area contributed by atoms with Crippen LogP contribution in [-0.2, 0) is 4.79 Å². The van der Waals surface area contributed by atoms with Gasteiger partial charge in [-0.15, -0.1) is 0 Å². The number of nitrogens with zero attached hydrogens (tertiary/aromatic N) is 2. The molecule has 0 fully saturated rings. The summed E-state index contributed by atoms with van der Waals surface area (Å²) in [5, 5.41) is 0.683. The van der Waals surface area contributed by atoms with Crippen molar-refractivity contribution in [1.29, 1.82) is 0 Å². The van der Waals surface area contributed by atoms with Crippen molar-refractivity contribution in [3.8, 4) is 11.5 Å². The molecule has 1 unspecified atom stereocenters. The Morgan fingerprint density at radius 3 is 2.10 bits per heavy atom. The maximum absolute atomic E-state index is 13.6. The third-order valence-corrected chi connectivity index (χ3v) is 8.33. The van der Waals surface area contributed by atoms with Crippen LogP contribution in [0, 0.1) is 5.41 Å². The third kappa shape index (κ3) is 5.41. The van der Waals surface area contributed by atoms with Crippen LogP contribution in [0.1, 0.15) is 38.4 Å². The number of ether oxygens (including phenoxy) is 1. The van der Waals surface area contributed by atoms with Gasteiger partial charge in [-0.1, -0.05) is 71.7 Å². The first-order chi connectivity index (χ1) is 19.3. The van der Waals surface area contributed by atoms with E-state index in [9.17, 15) is 4.79 Å². The van der Waals surface area contributed by atoms with Crippen molar-refractivity contribution in [3.63, 3.8) is 0 Å². The molecular formula is C34H30BrClN2O2. The average molecular weight is 614 g/mol. The molecule has 1 aliphatic carbocycles. The number of halogens is 2. The van der Waals surface area contributed by atoms with Crippen LogP contribution >= 0.6 is 27.5 Å². The monoisotopic (exact) mass is 612 g/mol. The van der Waals surface area contributed by atoms with Crippen LogP contribution in [0.3, 0.4) is 0 Å². The highest BCUT2D eigenvalue weighted by molar-refractivity contribution is 9.10. The van der Waals surface area contributed by atoms with Crippen molar-refractivity contribution >= 4 is 44.7 Å². The van der Waals surface area contributed by atoms with E-state index in [0.717, 1.165) is 50.6 Å². The molecule has 1 aliphatic heterocycles. The topological polar surface area (TPSA) is 32.8 Å². The molecule has 0 radical (unpaired) electrons. The molecule has 4 aromatic carbocycles. The standard InChI is InChI=1S/C34H30BrClN2O2/c1-34(2)20-31-30(32(39)21-34)22-37(26-14-12-25(36)13-15-26)33(23-8-10-24(35)11-9-23)38(31)27-16-18-29(19-17-27)40-28-6-4-3-5-7-28/h3-19,33H,20-22H2,1-2H3. The zero-order chi connectivity index (χ0) is 27.9. The first-order valence-corrected chi connectivity index (χ1v) is 14.6. The van der Waals surface area contributed by atoms with Gasteiger partial charge in [0.05, 0.1) is 6.54 Å². The molecule has 2 aliphatic rings. The van der Waals surface area contributed by atoms with Gasteiger partial charge in [0.25, 0.3) is 0 Å². The number of carbonyl (C=O) groups excluding carboxylic acids is 1. The molecule has 0 N–H and O–H groups in total. The van der Waals surface area contributed by atoms with E-state index in [1.165, 1.54) is 0 Å². The van der Waals surface area contributed by atoms with E-state index in [2.05, 4.69) is 76.0 Å². The number of carbonyl (C=O) groups is 1. The van der Waals surface area contributed by atoms with E-state index < -0.39 is 0 Å². The number of hydrogen-bond acceptors (Lipinski definition) is 4. The minimum Gasteiger partial charge on any atom is -0.457 e. The second-order valence-electron chi connectivity index (χ2n) is 11.2. The molecule has 40 heavy (non-hydrogen) atoms. The van der Waals surface area contributed by atoms with Crippen LogP contribution in [0.25, 0.3) is 0 Å². The summed E-state index contributed by atoms with van der Waals surface area (Å²) in [6, 6.07) is 34.3. The van der Waals surface area contributed by atoms with Gasteiger partial charge < -0.3 is 14.5 Å². The quantitative estimate of drug-likeness (QED) is 0.224.